The van der Waals surface area contributed by atoms with Gasteiger partial charge < -0.3 is 13.6 Å². The van der Waals surface area contributed by atoms with Crippen LogP contribution in [0.15, 0.2) is 84.9 Å². The lowest BCUT2D eigenvalue weighted by molar-refractivity contribution is 0.298. The van der Waals surface area contributed by atoms with Crippen LogP contribution in [0.2, 0.25) is 0 Å². The first-order valence-corrected chi connectivity index (χ1v) is 10.4. The van der Waals surface area contributed by atoms with Crippen LogP contribution in [-0.2, 0) is 4.57 Å². The molecule has 0 aliphatic carbocycles. The third kappa shape index (κ3) is 5.38. The van der Waals surface area contributed by atoms with Crippen molar-refractivity contribution < 1.29 is 18.1 Å². The van der Waals surface area contributed by atoms with Crippen LogP contribution in [-0.4, -0.2) is 0 Å². The lowest BCUT2D eigenvalue weighted by atomic mass is 9.99. The Morgan fingerprint density at radius 1 is 0.704 bits per heavy atom. The third-order valence-electron chi connectivity index (χ3n) is 4.20. The summed E-state index contributed by atoms with van der Waals surface area (Å²) in [6.07, 6.45) is 1.05. The molecule has 3 rings (SSSR count). The molecule has 140 valence electrons. The average Bonchev–Trinajstić information content (AvgIpc) is 2.69. The fourth-order valence-electron chi connectivity index (χ4n) is 2.50. The molecule has 1 unspecified atom stereocenters. The van der Waals surface area contributed by atoms with Crippen molar-refractivity contribution in [3.05, 3.63) is 90.5 Å². The lowest BCUT2D eigenvalue weighted by Crippen LogP contribution is -2.07. The van der Waals surface area contributed by atoms with Gasteiger partial charge in [-0.1, -0.05) is 62.4 Å². The van der Waals surface area contributed by atoms with Crippen molar-refractivity contribution in [3.8, 4) is 17.2 Å². The van der Waals surface area contributed by atoms with Crippen LogP contribution in [0.25, 0.3) is 0 Å². The van der Waals surface area contributed by atoms with Gasteiger partial charge in [0, 0.05) is 0 Å². The van der Waals surface area contributed by atoms with E-state index in [-0.39, 0.29) is 0 Å². The molecule has 0 aliphatic heterocycles. The first-order chi connectivity index (χ1) is 13.1. The van der Waals surface area contributed by atoms with E-state index < -0.39 is 7.82 Å². The van der Waals surface area contributed by atoms with E-state index >= 15 is 0 Å². The van der Waals surface area contributed by atoms with Crippen molar-refractivity contribution in [2.45, 2.75) is 26.2 Å². The Morgan fingerprint density at radius 3 is 1.52 bits per heavy atom. The maximum Gasteiger partial charge on any atom is 0.647 e. The molecular formula is C22H23O4P. The third-order valence-corrected chi connectivity index (χ3v) is 5.50. The number of para-hydroxylation sites is 2. The van der Waals surface area contributed by atoms with Crippen molar-refractivity contribution in [1.82, 2.24) is 0 Å². The predicted molar refractivity (Wildman–Crippen MR) is 108 cm³/mol. The van der Waals surface area contributed by atoms with Crippen LogP contribution in [0, 0.1) is 0 Å². The van der Waals surface area contributed by atoms with E-state index in [1.807, 2.05) is 24.3 Å². The Kier molecular flexibility index (Phi) is 6.20. The molecule has 0 bridgehead atoms. The number of phosphoric acid groups is 1. The molecule has 3 aromatic carbocycles. The topological polar surface area (TPSA) is 44.8 Å². The van der Waals surface area contributed by atoms with Crippen LogP contribution in [0.1, 0.15) is 31.7 Å². The second-order valence-electron chi connectivity index (χ2n) is 6.23. The summed E-state index contributed by atoms with van der Waals surface area (Å²) in [6, 6.07) is 25.2. The minimum atomic E-state index is -3.93. The van der Waals surface area contributed by atoms with Gasteiger partial charge >= 0.3 is 7.82 Å². The number of benzene rings is 3. The number of hydrogen-bond acceptors (Lipinski definition) is 4. The van der Waals surface area contributed by atoms with Crippen molar-refractivity contribution >= 4 is 7.82 Å². The second kappa shape index (κ2) is 8.79. The monoisotopic (exact) mass is 382 g/mol. The molecule has 3 aromatic rings. The van der Waals surface area contributed by atoms with Gasteiger partial charge in [0.1, 0.15) is 17.2 Å². The predicted octanol–water partition coefficient (Wildman–Crippen LogP) is 6.85. The number of rotatable bonds is 8. The van der Waals surface area contributed by atoms with Gasteiger partial charge in [-0.2, -0.15) is 4.57 Å². The Bertz CT molecular complexity index is 834. The van der Waals surface area contributed by atoms with E-state index in [0.717, 1.165) is 6.42 Å². The summed E-state index contributed by atoms with van der Waals surface area (Å²) in [6.45, 7) is 4.31. The summed E-state index contributed by atoms with van der Waals surface area (Å²) < 4.78 is 30.3. The Labute approximate surface area is 160 Å². The minimum Gasteiger partial charge on any atom is -0.386 e. The zero-order valence-electron chi connectivity index (χ0n) is 15.4. The standard InChI is InChI=1S/C22H23O4P/c1-3-18(2)19-14-16-22(17-15-19)26-27(23,24-20-10-6-4-7-11-20)25-21-12-8-5-9-13-21/h4-18H,3H2,1-2H3. The summed E-state index contributed by atoms with van der Waals surface area (Å²) in [4.78, 5) is 0. The Hall–Kier alpha value is -2.71. The van der Waals surface area contributed by atoms with Gasteiger partial charge in [0.05, 0.1) is 0 Å². The van der Waals surface area contributed by atoms with Crippen LogP contribution in [0.3, 0.4) is 0 Å². The second-order valence-corrected chi connectivity index (χ2v) is 7.67. The van der Waals surface area contributed by atoms with Crippen LogP contribution < -0.4 is 13.6 Å². The summed E-state index contributed by atoms with van der Waals surface area (Å²) in [5, 5.41) is 0. The summed E-state index contributed by atoms with van der Waals surface area (Å²) in [5.74, 6) is 1.70. The molecule has 0 heterocycles. The van der Waals surface area contributed by atoms with Gasteiger partial charge in [0.2, 0.25) is 0 Å². The van der Waals surface area contributed by atoms with E-state index in [4.69, 9.17) is 13.6 Å². The van der Waals surface area contributed by atoms with Crippen LogP contribution >= 0.6 is 7.82 Å². The number of hydrogen-bond donors (Lipinski definition) is 0. The summed E-state index contributed by atoms with van der Waals surface area (Å²) >= 11 is 0. The molecule has 5 heteroatoms. The van der Waals surface area contributed by atoms with Gasteiger partial charge in [-0.05, 0) is 54.3 Å². The first kappa shape index (κ1) is 19.1. The Balaban J connectivity index is 1.84. The fourth-order valence-corrected chi connectivity index (χ4v) is 3.75. The van der Waals surface area contributed by atoms with Gasteiger partial charge in [0.15, 0.2) is 0 Å². The lowest BCUT2D eigenvalue weighted by Gasteiger charge is -2.19. The molecule has 4 nitrogen and oxygen atoms in total. The van der Waals surface area contributed by atoms with Gasteiger partial charge in [-0.15, -0.1) is 0 Å². The van der Waals surface area contributed by atoms with Gasteiger partial charge in [0.25, 0.3) is 0 Å². The highest BCUT2D eigenvalue weighted by Gasteiger charge is 2.33. The molecule has 0 spiro atoms. The SMILES string of the molecule is CCC(C)c1ccc(OP(=O)(Oc2ccccc2)Oc2ccccc2)cc1. The van der Waals surface area contributed by atoms with E-state index in [0.29, 0.717) is 23.2 Å². The molecule has 1 atom stereocenters. The molecule has 0 saturated heterocycles. The zero-order chi connectivity index (χ0) is 19.1. The number of phosphoric ester groups is 1. The molecule has 0 N–H and O–H groups in total. The fraction of sp³-hybridized carbons (Fsp3) is 0.182. The maximum atomic E-state index is 13.3. The van der Waals surface area contributed by atoms with Crippen molar-refractivity contribution in [2.24, 2.45) is 0 Å². The Morgan fingerprint density at radius 2 is 1.11 bits per heavy atom. The van der Waals surface area contributed by atoms with E-state index in [1.54, 1.807) is 60.7 Å². The highest BCUT2D eigenvalue weighted by Crippen LogP contribution is 2.49. The van der Waals surface area contributed by atoms with Crippen molar-refractivity contribution in [1.29, 1.82) is 0 Å². The quantitative estimate of drug-likeness (QED) is 0.400. The maximum absolute atomic E-state index is 13.3. The highest BCUT2D eigenvalue weighted by atomic mass is 31.2. The summed E-state index contributed by atoms with van der Waals surface area (Å²) in [7, 11) is -3.93. The summed E-state index contributed by atoms with van der Waals surface area (Å²) in [5.41, 5.74) is 1.20. The van der Waals surface area contributed by atoms with Crippen LogP contribution in [0.5, 0.6) is 17.2 Å². The molecule has 0 aromatic heterocycles. The molecule has 0 radical (unpaired) electrons. The van der Waals surface area contributed by atoms with Crippen molar-refractivity contribution in [3.63, 3.8) is 0 Å². The van der Waals surface area contributed by atoms with E-state index in [2.05, 4.69) is 13.8 Å². The van der Waals surface area contributed by atoms with Crippen LogP contribution in [0.4, 0.5) is 0 Å². The normalized spacial score (nSPS) is 12.2. The smallest absolute Gasteiger partial charge is 0.386 e. The van der Waals surface area contributed by atoms with Gasteiger partial charge in [-0.25, -0.2) is 0 Å². The molecule has 0 saturated carbocycles. The van der Waals surface area contributed by atoms with E-state index in [1.165, 1.54) is 5.56 Å². The largest absolute Gasteiger partial charge is 0.647 e. The molecular weight excluding hydrogens is 359 g/mol. The zero-order valence-corrected chi connectivity index (χ0v) is 16.3. The molecule has 0 amide bonds. The molecule has 0 aliphatic rings. The van der Waals surface area contributed by atoms with Gasteiger partial charge in [-0.3, -0.25) is 0 Å². The molecule has 0 fully saturated rings. The highest BCUT2D eigenvalue weighted by molar-refractivity contribution is 7.49. The van der Waals surface area contributed by atoms with E-state index in [9.17, 15) is 4.57 Å². The average molecular weight is 382 g/mol. The van der Waals surface area contributed by atoms with Crippen molar-refractivity contribution in [2.75, 3.05) is 0 Å². The first-order valence-electron chi connectivity index (χ1n) is 8.97. The molecule has 27 heavy (non-hydrogen) atoms. The minimum absolute atomic E-state index is 0.410.